The van der Waals surface area contributed by atoms with Crippen LogP contribution in [0.25, 0.3) is 0 Å². The van der Waals surface area contributed by atoms with E-state index in [4.69, 9.17) is 9.47 Å². The van der Waals surface area contributed by atoms with Crippen LogP contribution in [0.3, 0.4) is 0 Å². The van der Waals surface area contributed by atoms with Gasteiger partial charge in [0.1, 0.15) is 12.4 Å². The summed E-state index contributed by atoms with van der Waals surface area (Å²) in [6.45, 7) is 1.47. The second-order valence-corrected chi connectivity index (χ2v) is 7.12. The van der Waals surface area contributed by atoms with Gasteiger partial charge in [0.25, 0.3) is 5.91 Å². The minimum atomic E-state index is -0.608. The van der Waals surface area contributed by atoms with Crippen molar-refractivity contribution < 1.29 is 14.3 Å². The average Bonchev–Trinajstić information content (AvgIpc) is 3.20. The highest BCUT2D eigenvalue weighted by Crippen LogP contribution is 2.32. The minimum Gasteiger partial charge on any atom is -0.485 e. The number of nitrogens with one attached hydrogen (secondary N) is 1. The van der Waals surface area contributed by atoms with E-state index in [1.807, 2.05) is 29.2 Å². The van der Waals surface area contributed by atoms with Gasteiger partial charge in [0.2, 0.25) is 6.10 Å². The molecule has 1 atom stereocenters. The number of hydrogen-bond donors (Lipinski definition) is 1. The third kappa shape index (κ3) is 3.84. The van der Waals surface area contributed by atoms with Crippen molar-refractivity contribution in [1.82, 2.24) is 14.9 Å². The Labute approximate surface area is 153 Å². The van der Waals surface area contributed by atoms with Crippen LogP contribution in [0.4, 0.5) is 0 Å². The molecule has 138 valence electrons. The number of aromatic nitrogens is 2. The van der Waals surface area contributed by atoms with Crippen molar-refractivity contribution in [2.24, 2.45) is 5.92 Å². The lowest BCUT2D eigenvalue weighted by Gasteiger charge is -2.33. The van der Waals surface area contributed by atoms with E-state index in [1.54, 1.807) is 12.4 Å². The Hall–Kier alpha value is -2.50. The van der Waals surface area contributed by atoms with Crippen LogP contribution in [0.2, 0.25) is 0 Å². The summed E-state index contributed by atoms with van der Waals surface area (Å²) in [5.41, 5.74) is 0. The number of nitrogens with zero attached hydrogens (tertiary/aromatic N) is 2. The lowest BCUT2D eigenvalue weighted by molar-refractivity contribution is -0.142. The highest BCUT2D eigenvalue weighted by atomic mass is 16.6. The number of para-hydroxylation sites is 2. The van der Waals surface area contributed by atoms with Crippen molar-refractivity contribution in [3.63, 3.8) is 0 Å². The van der Waals surface area contributed by atoms with Crippen molar-refractivity contribution in [3.05, 3.63) is 42.5 Å². The van der Waals surface area contributed by atoms with Gasteiger partial charge >= 0.3 is 0 Å². The van der Waals surface area contributed by atoms with Gasteiger partial charge < -0.3 is 19.4 Å². The highest BCUT2D eigenvalue weighted by Gasteiger charge is 2.32. The molecule has 6 nitrogen and oxygen atoms in total. The zero-order valence-corrected chi connectivity index (χ0v) is 14.9. The molecule has 0 unspecified atom stereocenters. The van der Waals surface area contributed by atoms with Crippen molar-refractivity contribution in [2.45, 2.75) is 44.8 Å². The number of hydrogen-bond acceptors (Lipinski definition) is 4. The van der Waals surface area contributed by atoms with Gasteiger partial charge in [-0.05, 0) is 30.9 Å². The van der Waals surface area contributed by atoms with Crippen LogP contribution in [0, 0.1) is 5.92 Å². The number of ether oxygens (including phenoxy) is 2. The fraction of sp³-hybridized carbons (Fsp3) is 0.500. The smallest absolute Gasteiger partial charge is 0.267 e. The molecule has 1 amide bonds. The van der Waals surface area contributed by atoms with Crippen LogP contribution in [-0.2, 0) is 11.3 Å². The van der Waals surface area contributed by atoms with Crippen molar-refractivity contribution in [3.8, 4) is 11.5 Å². The maximum Gasteiger partial charge on any atom is 0.267 e. The number of imidazole rings is 1. The lowest BCUT2D eigenvalue weighted by atomic mass is 9.89. The minimum absolute atomic E-state index is 0.0264. The fourth-order valence-electron chi connectivity index (χ4n) is 3.82. The molecule has 1 aromatic heterocycles. The number of carbonyl (C=O) groups excluding carboxylic acids is 1. The van der Waals surface area contributed by atoms with Gasteiger partial charge in [0.15, 0.2) is 11.5 Å². The molecule has 2 aliphatic rings. The van der Waals surface area contributed by atoms with E-state index in [1.165, 1.54) is 32.1 Å². The highest BCUT2D eigenvalue weighted by molar-refractivity contribution is 5.82. The van der Waals surface area contributed by atoms with Gasteiger partial charge in [0, 0.05) is 18.9 Å². The summed E-state index contributed by atoms with van der Waals surface area (Å²) in [5, 5.41) is 0. The molecule has 1 aliphatic heterocycles. The topological polar surface area (TPSA) is 67.5 Å². The first kappa shape index (κ1) is 16.9. The molecule has 1 saturated carbocycles. The molecule has 1 aromatic carbocycles. The van der Waals surface area contributed by atoms with E-state index in [2.05, 4.69) is 9.97 Å². The Bertz CT molecular complexity index is 726. The second-order valence-electron chi connectivity index (χ2n) is 7.12. The third-order valence-corrected chi connectivity index (χ3v) is 5.19. The zero-order valence-electron chi connectivity index (χ0n) is 14.9. The first-order valence-electron chi connectivity index (χ1n) is 9.45. The van der Waals surface area contributed by atoms with Crippen molar-refractivity contribution in [2.75, 3.05) is 13.2 Å². The third-order valence-electron chi connectivity index (χ3n) is 5.19. The van der Waals surface area contributed by atoms with Crippen LogP contribution in [-0.4, -0.2) is 40.0 Å². The monoisotopic (exact) mass is 355 g/mol. The molecule has 1 fully saturated rings. The average molecular weight is 355 g/mol. The Morgan fingerprint density at radius 2 is 2.00 bits per heavy atom. The Kier molecular flexibility index (Phi) is 5.09. The molecule has 0 bridgehead atoms. The predicted octanol–water partition coefficient (Wildman–Crippen LogP) is 3.16. The molecular weight excluding hydrogens is 330 g/mol. The van der Waals surface area contributed by atoms with Crippen LogP contribution in [0.1, 0.15) is 37.9 Å². The van der Waals surface area contributed by atoms with Gasteiger partial charge in [-0.3, -0.25) is 4.79 Å². The summed E-state index contributed by atoms with van der Waals surface area (Å²) >= 11 is 0. The molecule has 2 aromatic rings. The van der Waals surface area contributed by atoms with Gasteiger partial charge in [-0.25, -0.2) is 4.98 Å². The summed E-state index contributed by atoms with van der Waals surface area (Å²) in [5.74, 6) is 2.65. The predicted molar refractivity (Wildman–Crippen MR) is 96.9 cm³/mol. The molecule has 0 saturated heterocycles. The van der Waals surface area contributed by atoms with Crippen LogP contribution in [0.5, 0.6) is 11.5 Å². The van der Waals surface area contributed by atoms with E-state index < -0.39 is 6.10 Å². The van der Waals surface area contributed by atoms with Gasteiger partial charge in [0.05, 0.1) is 6.54 Å². The van der Waals surface area contributed by atoms with Gasteiger partial charge in [-0.15, -0.1) is 0 Å². The van der Waals surface area contributed by atoms with E-state index in [0.29, 0.717) is 24.0 Å². The first-order valence-corrected chi connectivity index (χ1v) is 9.45. The van der Waals surface area contributed by atoms with Gasteiger partial charge in [-0.1, -0.05) is 31.4 Å². The van der Waals surface area contributed by atoms with Crippen molar-refractivity contribution >= 4 is 5.91 Å². The van der Waals surface area contributed by atoms with Crippen LogP contribution < -0.4 is 9.47 Å². The maximum absolute atomic E-state index is 13.2. The molecule has 1 aliphatic carbocycles. The quantitative estimate of drug-likeness (QED) is 0.895. The molecule has 6 heteroatoms. The number of rotatable bonds is 5. The number of benzene rings is 1. The number of amides is 1. The first-order chi connectivity index (χ1) is 12.8. The molecule has 4 rings (SSSR count). The Morgan fingerprint density at radius 3 is 2.77 bits per heavy atom. The number of H-pyrrole nitrogens is 1. The molecule has 2 heterocycles. The fourth-order valence-corrected chi connectivity index (χ4v) is 3.82. The van der Waals surface area contributed by atoms with E-state index >= 15 is 0 Å². The Balaban J connectivity index is 1.48. The van der Waals surface area contributed by atoms with Gasteiger partial charge in [-0.2, -0.15) is 0 Å². The summed E-state index contributed by atoms with van der Waals surface area (Å²) in [6.07, 6.45) is 9.08. The second kappa shape index (κ2) is 7.81. The van der Waals surface area contributed by atoms with E-state index in [9.17, 15) is 4.79 Å². The largest absolute Gasteiger partial charge is 0.485 e. The number of carbonyl (C=O) groups is 1. The normalized spacial score (nSPS) is 19.9. The van der Waals surface area contributed by atoms with Crippen molar-refractivity contribution in [1.29, 1.82) is 0 Å². The number of fused-ring (bicyclic) bond motifs is 1. The van der Waals surface area contributed by atoms with E-state index in [-0.39, 0.29) is 12.5 Å². The molecule has 1 N–H and O–H groups in total. The lowest BCUT2D eigenvalue weighted by Crippen LogP contribution is -2.47. The van der Waals surface area contributed by atoms with E-state index in [0.717, 1.165) is 12.4 Å². The summed E-state index contributed by atoms with van der Waals surface area (Å²) in [6, 6.07) is 7.49. The standard InChI is InChI=1S/C20H25N3O3/c24-20(18-14-25-16-8-4-5-9-17(16)26-18)23(13-19-21-10-11-22-19)12-15-6-2-1-3-7-15/h4-5,8-11,15,18H,1-3,6-7,12-14H2,(H,21,22)/t18-/m1/s1. The van der Waals surface area contributed by atoms with Crippen LogP contribution in [0.15, 0.2) is 36.7 Å². The molecule has 0 spiro atoms. The molecule has 26 heavy (non-hydrogen) atoms. The molecule has 0 radical (unpaired) electrons. The van der Waals surface area contributed by atoms with Crippen LogP contribution >= 0.6 is 0 Å². The SMILES string of the molecule is O=C([C@H]1COc2ccccc2O1)N(Cc1ncc[nH]1)CC1CCCCC1. The number of aromatic amines is 1. The maximum atomic E-state index is 13.2. The summed E-state index contributed by atoms with van der Waals surface area (Å²) in [7, 11) is 0. The Morgan fingerprint density at radius 1 is 1.19 bits per heavy atom. The summed E-state index contributed by atoms with van der Waals surface area (Å²) in [4.78, 5) is 22.5. The molecular formula is C20H25N3O3. The summed E-state index contributed by atoms with van der Waals surface area (Å²) < 4.78 is 11.7. The zero-order chi connectivity index (χ0) is 17.8.